The number of hydrogen-bond donors (Lipinski definition) is 4. The lowest BCUT2D eigenvalue weighted by Crippen LogP contribution is -2.60. The summed E-state index contributed by atoms with van der Waals surface area (Å²) in [7, 11) is 1.66. The second-order valence-corrected chi connectivity index (χ2v) is 19.8. The smallest absolute Gasteiger partial charge is 0.408 e. The number of aliphatic carboxylic acids is 1. The molecule has 3 aliphatic heterocycles. The maximum atomic E-state index is 14.9. The third-order valence-corrected chi connectivity index (χ3v) is 13.0. The number of nitrogens with one attached hydrogen (secondary N) is 2. The number of methoxy groups -OCH3 is 1. The zero-order valence-electron chi connectivity index (χ0n) is 40.0. The average molecular weight is 932 g/mol. The highest BCUT2D eigenvalue weighted by molar-refractivity contribution is 5.96. The van der Waals surface area contributed by atoms with E-state index in [-0.39, 0.29) is 37.3 Å². The van der Waals surface area contributed by atoms with Crippen molar-refractivity contribution in [2.45, 2.75) is 117 Å². The summed E-state index contributed by atoms with van der Waals surface area (Å²) in [6.07, 6.45) is -1.18. The van der Waals surface area contributed by atoms with E-state index in [2.05, 4.69) is 38.1 Å². The van der Waals surface area contributed by atoms with Gasteiger partial charge in [-0.3, -0.25) is 24.5 Å². The van der Waals surface area contributed by atoms with E-state index in [0.29, 0.717) is 49.1 Å². The third kappa shape index (κ3) is 11.4. The summed E-state index contributed by atoms with van der Waals surface area (Å²) in [5, 5.41) is 25.1. The number of halogens is 2. The SMILES string of the molecule is CCn1c(-c2cc(N3CCN4CCOC[C@@H]4C3)cnc2C(C)OC)c(CC(C)(C)CO)c2cc(-c3cc(CC(NC(=O)OC(C)(C)C)C(=O)N4CCC[C@@H](C(=O)O)N4)cc(C(F)F)c3)ccc21. The number of fused-ring (bicyclic) bond motifs is 2. The number of anilines is 1. The molecule has 4 aromatic rings. The topological polar surface area (TPSA) is 171 Å². The number of carbonyl (C=O) groups excluding carboxylic acids is 2. The van der Waals surface area contributed by atoms with Gasteiger partial charge in [-0.2, -0.15) is 0 Å². The van der Waals surface area contributed by atoms with Crippen molar-refractivity contribution in [1.29, 1.82) is 0 Å². The normalized spacial score (nSPS) is 19.3. The van der Waals surface area contributed by atoms with Crippen LogP contribution in [-0.4, -0.2) is 131 Å². The van der Waals surface area contributed by atoms with Crippen molar-refractivity contribution in [2.24, 2.45) is 5.41 Å². The molecule has 0 aliphatic carbocycles. The predicted molar refractivity (Wildman–Crippen MR) is 252 cm³/mol. The molecule has 0 saturated carbocycles. The van der Waals surface area contributed by atoms with Crippen LogP contribution >= 0.6 is 0 Å². The van der Waals surface area contributed by atoms with Gasteiger partial charge in [-0.05, 0) is 106 Å². The number of aryl methyl sites for hydroxylation is 1. The van der Waals surface area contributed by atoms with Crippen molar-refractivity contribution in [3.05, 3.63) is 71.0 Å². The molecule has 0 bridgehead atoms. The summed E-state index contributed by atoms with van der Waals surface area (Å²) < 4.78 is 49.3. The molecule has 4 atom stereocenters. The lowest BCUT2D eigenvalue weighted by atomic mass is 9.84. The second-order valence-electron chi connectivity index (χ2n) is 19.8. The van der Waals surface area contributed by atoms with Gasteiger partial charge in [0, 0.05) is 81.4 Å². The predicted octanol–water partition coefficient (Wildman–Crippen LogP) is 7.13. The summed E-state index contributed by atoms with van der Waals surface area (Å²) in [5.74, 6) is -1.75. The van der Waals surface area contributed by atoms with Gasteiger partial charge in [-0.15, -0.1) is 0 Å². The van der Waals surface area contributed by atoms with Crippen molar-refractivity contribution < 1.29 is 47.6 Å². The quantitative estimate of drug-likeness (QED) is 0.0953. The van der Waals surface area contributed by atoms with E-state index in [1.165, 1.54) is 17.1 Å². The molecule has 3 aliphatic rings. The van der Waals surface area contributed by atoms with E-state index >= 15 is 0 Å². The van der Waals surface area contributed by atoms with Gasteiger partial charge in [0.15, 0.2) is 0 Å². The molecule has 2 aromatic carbocycles. The number of piperazine rings is 1. The summed E-state index contributed by atoms with van der Waals surface area (Å²) >= 11 is 0. The van der Waals surface area contributed by atoms with Gasteiger partial charge >= 0.3 is 12.1 Å². The first-order valence-electron chi connectivity index (χ1n) is 23.4. The minimum absolute atomic E-state index is 0.0841. The van der Waals surface area contributed by atoms with Crippen molar-refractivity contribution in [3.63, 3.8) is 0 Å². The number of nitrogens with zero attached hydrogens (tertiary/aromatic N) is 5. The first-order valence-corrected chi connectivity index (χ1v) is 23.4. The average Bonchev–Trinajstić information content (AvgIpc) is 3.60. The van der Waals surface area contributed by atoms with Crippen LogP contribution in [0.25, 0.3) is 33.3 Å². The Morgan fingerprint density at radius 3 is 2.49 bits per heavy atom. The summed E-state index contributed by atoms with van der Waals surface area (Å²) in [5.41, 5.74) is 8.00. The fourth-order valence-electron chi connectivity index (χ4n) is 9.52. The van der Waals surface area contributed by atoms with E-state index in [4.69, 9.17) is 19.2 Å². The van der Waals surface area contributed by atoms with E-state index in [9.17, 15) is 33.4 Å². The number of hydrazine groups is 1. The Morgan fingerprint density at radius 1 is 1.03 bits per heavy atom. The number of morpholine rings is 1. The zero-order valence-corrected chi connectivity index (χ0v) is 40.0. The largest absolute Gasteiger partial charge is 0.480 e. The highest BCUT2D eigenvalue weighted by Gasteiger charge is 2.35. The number of aliphatic hydroxyl groups excluding tert-OH is 1. The van der Waals surface area contributed by atoms with Crippen LogP contribution in [0.1, 0.15) is 96.2 Å². The number of amides is 2. The van der Waals surface area contributed by atoms with Gasteiger partial charge in [0.25, 0.3) is 12.3 Å². The van der Waals surface area contributed by atoms with E-state index in [0.717, 1.165) is 71.9 Å². The summed E-state index contributed by atoms with van der Waals surface area (Å²) in [4.78, 5) is 49.1. The Hall–Kier alpha value is -5.20. The molecular formula is C50H67F2N7O8. The Kier molecular flexibility index (Phi) is 15.3. The highest BCUT2D eigenvalue weighted by Crippen LogP contribution is 2.43. The molecule has 4 N–H and O–H groups in total. The van der Waals surface area contributed by atoms with Gasteiger partial charge in [0.05, 0.1) is 48.6 Å². The Balaban J connectivity index is 1.34. The molecular weight excluding hydrogens is 865 g/mol. The number of alkyl carbamates (subject to hydrolysis) is 1. The molecule has 5 heterocycles. The van der Waals surface area contributed by atoms with Gasteiger partial charge in [0.2, 0.25) is 0 Å². The van der Waals surface area contributed by atoms with Crippen LogP contribution in [0, 0.1) is 5.41 Å². The lowest BCUT2D eigenvalue weighted by Gasteiger charge is -2.44. The van der Waals surface area contributed by atoms with Crippen LogP contribution in [0.5, 0.6) is 0 Å². The fourth-order valence-corrected chi connectivity index (χ4v) is 9.52. The number of pyridine rings is 1. The third-order valence-electron chi connectivity index (χ3n) is 13.0. The molecule has 0 radical (unpaired) electrons. The fraction of sp³-hybridized carbons (Fsp3) is 0.560. The van der Waals surface area contributed by atoms with Crippen LogP contribution in [0.3, 0.4) is 0 Å². The maximum Gasteiger partial charge on any atom is 0.408 e. The van der Waals surface area contributed by atoms with Gasteiger partial charge < -0.3 is 39.2 Å². The number of hydrogen-bond acceptors (Lipinski definition) is 11. The first kappa shape index (κ1) is 49.7. The number of aromatic nitrogens is 2. The standard InChI is InChI=1S/C50H67F2N7O8/c1-9-58-42-13-12-32(33-19-31(20-34(22-33)45(51)52)21-41(54-48(64)67-49(3,4)5)46(61)59-14-10-11-40(55-59)47(62)63)23-37(42)39(25-50(6,7)29-60)44(58)38-24-35(26-53-43(38)30(2)65-8)57-16-15-56-17-18-66-28-36(56)27-57/h12-13,19-20,22-24,26,30,36,40-41,45,55,60H,9-11,14-18,21,25,27-29H2,1-8H3,(H,54,64)(H,62,63)/t30?,36-,40-,41?/m0/s1. The molecule has 2 amide bonds. The van der Waals surface area contributed by atoms with E-state index in [1.807, 2.05) is 45.2 Å². The molecule has 67 heavy (non-hydrogen) atoms. The van der Waals surface area contributed by atoms with E-state index in [1.54, 1.807) is 33.9 Å². The second kappa shape index (κ2) is 20.6. The minimum atomic E-state index is -2.86. The molecule has 3 fully saturated rings. The Labute approximate surface area is 391 Å². The minimum Gasteiger partial charge on any atom is -0.480 e. The lowest BCUT2D eigenvalue weighted by molar-refractivity contribution is -0.147. The first-order chi connectivity index (χ1) is 31.8. The van der Waals surface area contributed by atoms with Crippen molar-refractivity contribution in [2.75, 3.05) is 64.6 Å². The van der Waals surface area contributed by atoms with Crippen LogP contribution in [0.2, 0.25) is 0 Å². The molecule has 3 saturated heterocycles. The molecule has 2 aromatic heterocycles. The number of carboxylic acids is 1. The number of ether oxygens (including phenoxy) is 3. The molecule has 364 valence electrons. The van der Waals surface area contributed by atoms with Crippen LogP contribution in [0.4, 0.5) is 19.3 Å². The number of alkyl halides is 2. The maximum absolute atomic E-state index is 14.9. The molecule has 7 rings (SSSR count). The molecule has 15 nitrogen and oxygen atoms in total. The number of aliphatic hydroxyl groups is 1. The molecule has 0 spiro atoms. The van der Waals surface area contributed by atoms with Crippen molar-refractivity contribution >= 4 is 34.6 Å². The number of rotatable bonds is 15. The summed E-state index contributed by atoms with van der Waals surface area (Å²) in [6.45, 7) is 18.7. The summed E-state index contributed by atoms with van der Waals surface area (Å²) in [6, 6.07) is 10.6. The van der Waals surface area contributed by atoms with E-state index < -0.39 is 47.5 Å². The number of carbonyl (C=O) groups is 3. The van der Waals surface area contributed by atoms with Gasteiger partial charge in [0.1, 0.15) is 17.7 Å². The Morgan fingerprint density at radius 2 is 1.81 bits per heavy atom. The molecule has 2 unspecified atom stereocenters. The van der Waals surface area contributed by atoms with Crippen molar-refractivity contribution in [1.82, 2.24) is 30.2 Å². The van der Waals surface area contributed by atoms with Gasteiger partial charge in [-0.25, -0.2) is 19.0 Å². The zero-order chi connectivity index (χ0) is 48.4. The number of benzene rings is 2. The van der Waals surface area contributed by atoms with Gasteiger partial charge in [-0.1, -0.05) is 32.0 Å². The number of carboxylic acid groups (broad SMARTS) is 1. The van der Waals surface area contributed by atoms with Crippen LogP contribution < -0.4 is 15.6 Å². The van der Waals surface area contributed by atoms with Crippen LogP contribution in [-0.2, 0) is 43.2 Å². The molecule has 17 heteroatoms. The highest BCUT2D eigenvalue weighted by atomic mass is 19.3. The Bertz CT molecular complexity index is 2440. The van der Waals surface area contributed by atoms with Crippen molar-refractivity contribution in [3.8, 4) is 22.4 Å². The monoisotopic (exact) mass is 932 g/mol. The van der Waals surface area contributed by atoms with Crippen LogP contribution in [0.15, 0.2) is 48.7 Å².